The summed E-state index contributed by atoms with van der Waals surface area (Å²) in [5.41, 5.74) is 0.731. The Kier molecular flexibility index (Phi) is 1.94. The first-order valence-electron chi connectivity index (χ1n) is 3.27. The normalized spacial score (nSPS) is 23.4. The lowest BCUT2D eigenvalue weighted by molar-refractivity contribution is -0.136. The molecular weight excluding hydrogens is 130 g/mol. The molecule has 0 aromatic rings. The third-order valence-electron chi connectivity index (χ3n) is 1.52. The SMILES string of the molecule is COC(=O)C1=CNC(C)C1. The highest BCUT2D eigenvalue weighted by Crippen LogP contribution is 2.12. The minimum absolute atomic E-state index is 0.225. The van der Waals surface area contributed by atoms with Gasteiger partial charge >= 0.3 is 5.97 Å². The van der Waals surface area contributed by atoms with E-state index in [4.69, 9.17) is 0 Å². The maximum absolute atomic E-state index is 10.8. The first-order chi connectivity index (χ1) is 4.74. The highest BCUT2D eigenvalue weighted by atomic mass is 16.5. The van der Waals surface area contributed by atoms with Crippen LogP contribution >= 0.6 is 0 Å². The summed E-state index contributed by atoms with van der Waals surface area (Å²) in [5, 5.41) is 3.02. The molecule has 0 aromatic heterocycles. The van der Waals surface area contributed by atoms with Gasteiger partial charge in [0.2, 0.25) is 0 Å². The van der Waals surface area contributed by atoms with Gasteiger partial charge in [-0.05, 0) is 6.92 Å². The van der Waals surface area contributed by atoms with E-state index < -0.39 is 0 Å². The third-order valence-corrected chi connectivity index (χ3v) is 1.52. The Bertz CT molecular complexity index is 174. The van der Waals surface area contributed by atoms with Crippen LogP contribution in [0.2, 0.25) is 0 Å². The number of rotatable bonds is 1. The molecule has 0 saturated heterocycles. The maximum Gasteiger partial charge on any atom is 0.335 e. The van der Waals surface area contributed by atoms with Gasteiger partial charge in [0.15, 0.2) is 0 Å². The number of methoxy groups -OCH3 is 1. The highest BCUT2D eigenvalue weighted by Gasteiger charge is 2.17. The van der Waals surface area contributed by atoms with Crippen molar-refractivity contribution in [1.29, 1.82) is 0 Å². The van der Waals surface area contributed by atoms with Gasteiger partial charge in [-0.3, -0.25) is 0 Å². The summed E-state index contributed by atoms with van der Waals surface area (Å²) in [6.45, 7) is 2.02. The van der Waals surface area contributed by atoms with Crippen LogP contribution in [0, 0.1) is 0 Å². The minimum Gasteiger partial charge on any atom is -0.466 e. The van der Waals surface area contributed by atoms with Crippen molar-refractivity contribution >= 4 is 5.97 Å². The highest BCUT2D eigenvalue weighted by molar-refractivity contribution is 5.88. The molecular formula is C7H11NO2. The van der Waals surface area contributed by atoms with Gasteiger partial charge in [0, 0.05) is 18.7 Å². The van der Waals surface area contributed by atoms with Crippen LogP contribution in [0.4, 0.5) is 0 Å². The number of esters is 1. The fourth-order valence-electron chi connectivity index (χ4n) is 0.964. The Morgan fingerprint density at radius 1 is 1.90 bits per heavy atom. The standard InChI is InChI=1S/C7H11NO2/c1-5-3-6(4-8-5)7(9)10-2/h4-5,8H,3H2,1-2H3. The van der Waals surface area contributed by atoms with Crippen LogP contribution in [0.15, 0.2) is 11.8 Å². The fourth-order valence-corrected chi connectivity index (χ4v) is 0.964. The number of ether oxygens (including phenoxy) is 1. The maximum atomic E-state index is 10.8. The lowest BCUT2D eigenvalue weighted by Crippen LogP contribution is -2.13. The molecule has 0 saturated carbocycles. The first kappa shape index (κ1) is 7.12. The molecule has 1 unspecified atom stereocenters. The minimum atomic E-state index is -0.225. The molecule has 1 N–H and O–H groups in total. The Balaban J connectivity index is 2.51. The van der Waals surface area contributed by atoms with E-state index in [2.05, 4.69) is 10.1 Å². The van der Waals surface area contributed by atoms with Crippen molar-refractivity contribution < 1.29 is 9.53 Å². The van der Waals surface area contributed by atoms with Crippen molar-refractivity contribution in [3.63, 3.8) is 0 Å². The molecule has 1 heterocycles. The molecule has 1 aliphatic heterocycles. The van der Waals surface area contributed by atoms with Gasteiger partial charge < -0.3 is 10.1 Å². The Morgan fingerprint density at radius 2 is 2.60 bits per heavy atom. The molecule has 56 valence electrons. The molecule has 1 rings (SSSR count). The largest absolute Gasteiger partial charge is 0.466 e. The second-order valence-electron chi connectivity index (χ2n) is 2.43. The second-order valence-corrected chi connectivity index (χ2v) is 2.43. The molecule has 3 nitrogen and oxygen atoms in total. The number of hydrogen-bond donors (Lipinski definition) is 1. The Hall–Kier alpha value is -0.990. The van der Waals surface area contributed by atoms with E-state index in [0.717, 1.165) is 12.0 Å². The molecule has 3 heteroatoms. The van der Waals surface area contributed by atoms with Crippen LogP contribution in [0.1, 0.15) is 13.3 Å². The summed E-state index contributed by atoms with van der Waals surface area (Å²) in [7, 11) is 1.40. The van der Waals surface area contributed by atoms with E-state index in [1.807, 2.05) is 6.92 Å². The summed E-state index contributed by atoms with van der Waals surface area (Å²) >= 11 is 0. The van der Waals surface area contributed by atoms with E-state index in [9.17, 15) is 4.79 Å². The molecule has 1 atom stereocenters. The van der Waals surface area contributed by atoms with Crippen LogP contribution in [0.3, 0.4) is 0 Å². The molecule has 0 aromatic carbocycles. The Morgan fingerprint density at radius 3 is 3.00 bits per heavy atom. The van der Waals surface area contributed by atoms with E-state index in [0.29, 0.717) is 6.04 Å². The fraction of sp³-hybridized carbons (Fsp3) is 0.571. The third kappa shape index (κ3) is 1.29. The molecule has 10 heavy (non-hydrogen) atoms. The zero-order valence-electron chi connectivity index (χ0n) is 6.18. The smallest absolute Gasteiger partial charge is 0.335 e. The Labute approximate surface area is 60.1 Å². The summed E-state index contributed by atoms with van der Waals surface area (Å²) in [6, 6.07) is 0.370. The van der Waals surface area contributed by atoms with Crippen molar-refractivity contribution in [3.8, 4) is 0 Å². The molecule has 0 fully saturated rings. The van der Waals surface area contributed by atoms with E-state index in [-0.39, 0.29) is 5.97 Å². The van der Waals surface area contributed by atoms with Crippen LogP contribution in [-0.2, 0) is 9.53 Å². The summed E-state index contributed by atoms with van der Waals surface area (Å²) < 4.78 is 4.54. The second kappa shape index (κ2) is 2.73. The van der Waals surface area contributed by atoms with Gasteiger partial charge in [-0.2, -0.15) is 0 Å². The molecule has 0 spiro atoms. The molecule has 0 aliphatic carbocycles. The van der Waals surface area contributed by atoms with E-state index in [1.165, 1.54) is 7.11 Å². The number of carbonyl (C=O) groups is 1. The van der Waals surface area contributed by atoms with Crippen molar-refractivity contribution in [2.75, 3.05) is 7.11 Å². The van der Waals surface area contributed by atoms with Crippen molar-refractivity contribution in [2.24, 2.45) is 0 Å². The lowest BCUT2D eigenvalue weighted by Gasteiger charge is -2.00. The number of carbonyl (C=O) groups excluding carboxylic acids is 1. The average Bonchev–Trinajstić information content (AvgIpc) is 2.34. The van der Waals surface area contributed by atoms with Gasteiger partial charge in [0.25, 0.3) is 0 Å². The van der Waals surface area contributed by atoms with Gasteiger partial charge in [-0.1, -0.05) is 0 Å². The summed E-state index contributed by atoms with van der Waals surface area (Å²) in [6.07, 6.45) is 2.49. The quantitative estimate of drug-likeness (QED) is 0.538. The monoisotopic (exact) mass is 141 g/mol. The van der Waals surface area contributed by atoms with Crippen LogP contribution in [-0.4, -0.2) is 19.1 Å². The lowest BCUT2D eigenvalue weighted by atomic mass is 10.2. The van der Waals surface area contributed by atoms with Crippen LogP contribution in [0.25, 0.3) is 0 Å². The molecule has 1 aliphatic rings. The van der Waals surface area contributed by atoms with Gasteiger partial charge in [-0.15, -0.1) is 0 Å². The summed E-state index contributed by atoms with van der Waals surface area (Å²) in [5.74, 6) is -0.225. The molecule has 0 bridgehead atoms. The molecule has 0 amide bonds. The zero-order valence-corrected chi connectivity index (χ0v) is 6.18. The van der Waals surface area contributed by atoms with Crippen LogP contribution < -0.4 is 5.32 Å². The van der Waals surface area contributed by atoms with Gasteiger partial charge in [0.05, 0.1) is 12.7 Å². The molecule has 0 radical (unpaired) electrons. The average molecular weight is 141 g/mol. The topological polar surface area (TPSA) is 38.3 Å². The first-order valence-corrected chi connectivity index (χ1v) is 3.27. The van der Waals surface area contributed by atoms with Crippen molar-refractivity contribution in [3.05, 3.63) is 11.8 Å². The van der Waals surface area contributed by atoms with Crippen molar-refractivity contribution in [1.82, 2.24) is 5.32 Å². The predicted molar refractivity (Wildman–Crippen MR) is 37.3 cm³/mol. The predicted octanol–water partition coefficient (Wildman–Crippen LogP) is 0.425. The van der Waals surface area contributed by atoms with Crippen molar-refractivity contribution in [2.45, 2.75) is 19.4 Å². The van der Waals surface area contributed by atoms with E-state index in [1.54, 1.807) is 6.20 Å². The summed E-state index contributed by atoms with van der Waals surface area (Å²) in [4.78, 5) is 10.8. The van der Waals surface area contributed by atoms with Gasteiger partial charge in [0.1, 0.15) is 0 Å². The van der Waals surface area contributed by atoms with Gasteiger partial charge in [-0.25, -0.2) is 4.79 Å². The van der Waals surface area contributed by atoms with E-state index >= 15 is 0 Å². The van der Waals surface area contributed by atoms with Crippen LogP contribution in [0.5, 0.6) is 0 Å². The zero-order chi connectivity index (χ0) is 7.56. The number of hydrogen-bond acceptors (Lipinski definition) is 3. The number of nitrogens with one attached hydrogen (secondary N) is 1.